The first-order valence-corrected chi connectivity index (χ1v) is 15.1. The van der Waals surface area contributed by atoms with Crippen LogP contribution < -0.4 is 4.74 Å². The van der Waals surface area contributed by atoms with Gasteiger partial charge in [0, 0.05) is 5.56 Å². The summed E-state index contributed by atoms with van der Waals surface area (Å²) in [6.07, 6.45) is 14.1. The highest BCUT2D eigenvalue weighted by atomic mass is 32.3. The molecular formula is C29H52O6S. The molecular weight excluding hydrogens is 476 g/mol. The van der Waals surface area contributed by atoms with E-state index in [1.807, 2.05) is 13.8 Å². The van der Waals surface area contributed by atoms with Gasteiger partial charge in [-0.05, 0) is 87.8 Å². The third kappa shape index (κ3) is 11.8. The maximum absolute atomic E-state index is 10.4. The summed E-state index contributed by atoms with van der Waals surface area (Å²) in [5.41, 5.74) is 4.23. The Morgan fingerprint density at radius 1 is 0.833 bits per heavy atom. The molecule has 0 saturated carbocycles. The van der Waals surface area contributed by atoms with Crippen LogP contribution in [0.15, 0.2) is 0 Å². The Kier molecular flexibility index (Phi) is 13.3. The second-order valence-electron chi connectivity index (χ2n) is 11.9. The standard InChI is InChI=1S/C29H50O2.H2O4S/c1-20(2)12-9-13-21(3)14-10-15-22(4)16-11-18-29(8)19-17-26-25(7)27(30)23(5)24(6)28(26)31-29;1-5(2,3)4/h20-22,30H,9-19H2,1-8H3;(H2,1,2,3,4)/t21?,22?,29-;/m1./s1. The van der Waals surface area contributed by atoms with Gasteiger partial charge in [0.25, 0.3) is 0 Å². The Bertz CT molecular complexity index is 916. The average Bonchev–Trinajstić information content (AvgIpc) is 2.74. The fourth-order valence-electron chi connectivity index (χ4n) is 5.27. The van der Waals surface area contributed by atoms with Crippen molar-refractivity contribution >= 4 is 10.4 Å². The monoisotopic (exact) mass is 528 g/mol. The van der Waals surface area contributed by atoms with E-state index in [0.29, 0.717) is 5.75 Å². The van der Waals surface area contributed by atoms with Gasteiger partial charge in [0.2, 0.25) is 0 Å². The summed E-state index contributed by atoms with van der Waals surface area (Å²) in [6, 6.07) is 0. The van der Waals surface area contributed by atoms with E-state index in [1.54, 1.807) is 0 Å². The molecule has 1 aromatic carbocycles. The van der Waals surface area contributed by atoms with E-state index in [-0.39, 0.29) is 5.60 Å². The molecule has 2 unspecified atom stereocenters. The van der Waals surface area contributed by atoms with E-state index >= 15 is 0 Å². The van der Waals surface area contributed by atoms with Crippen LogP contribution in [0.25, 0.3) is 0 Å². The second-order valence-corrected chi connectivity index (χ2v) is 12.8. The lowest BCUT2D eigenvalue weighted by Gasteiger charge is -2.38. The Hall–Kier alpha value is -1.31. The first-order chi connectivity index (χ1) is 16.5. The number of hydrogen-bond donors (Lipinski definition) is 3. The number of hydrogen-bond acceptors (Lipinski definition) is 4. The molecule has 3 N–H and O–H groups in total. The topological polar surface area (TPSA) is 104 Å². The molecule has 1 heterocycles. The molecule has 6 nitrogen and oxygen atoms in total. The van der Waals surface area contributed by atoms with Crippen LogP contribution in [-0.2, 0) is 16.8 Å². The normalized spacial score (nSPS) is 19.2. The number of aromatic hydroxyl groups is 1. The molecule has 0 radical (unpaired) electrons. The van der Waals surface area contributed by atoms with Crippen molar-refractivity contribution in [1.29, 1.82) is 0 Å². The van der Waals surface area contributed by atoms with Crippen LogP contribution in [0.1, 0.15) is 121 Å². The first-order valence-electron chi connectivity index (χ1n) is 13.7. The number of ether oxygens (including phenoxy) is 1. The van der Waals surface area contributed by atoms with Gasteiger partial charge in [-0.2, -0.15) is 8.42 Å². The SMILES string of the molecule is Cc1c(C)c2c(c(C)c1O)CC[C@@](C)(CCCC(C)CCCC(C)CCCC(C)C)O2.O=S(=O)(O)O. The van der Waals surface area contributed by atoms with Gasteiger partial charge in [-0.3, -0.25) is 9.11 Å². The summed E-state index contributed by atoms with van der Waals surface area (Å²) in [7, 11) is -4.67. The average molecular weight is 529 g/mol. The molecule has 36 heavy (non-hydrogen) atoms. The quantitative estimate of drug-likeness (QED) is 0.236. The molecule has 3 atom stereocenters. The molecule has 0 aromatic heterocycles. The molecule has 1 aromatic rings. The number of phenolic OH excluding ortho intramolecular Hbond substituents is 1. The molecule has 1 aliphatic heterocycles. The smallest absolute Gasteiger partial charge is 0.394 e. The van der Waals surface area contributed by atoms with E-state index < -0.39 is 10.4 Å². The molecule has 0 bridgehead atoms. The van der Waals surface area contributed by atoms with Crippen LogP contribution in [0.3, 0.4) is 0 Å². The summed E-state index contributed by atoms with van der Waals surface area (Å²) < 4.78 is 38.2. The molecule has 0 amide bonds. The first kappa shape index (κ1) is 32.7. The largest absolute Gasteiger partial charge is 0.507 e. The molecule has 0 fully saturated rings. The fourth-order valence-corrected chi connectivity index (χ4v) is 5.27. The highest BCUT2D eigenvalue weighted by molar-refractivity contribution is 7.79. The van der Waals surface area contributed by atoms with Gasteiger partial charge in [0.15, 0.2) is 0 Å². The predicted octanol–water partition coefficient (Wildman–Crippen LogP) is 8.19. The van der Waals surface area contributed by atoms with Crippen molar-refractivity contribution in [2.45, 2.75) is 132 Å². The number of fused-ring (bicyclic) bond motifs is 1. The van der Waals surface area contributed by atoms with Gasteiger partial charge >= 0.3 is 10.4 Å². The van der Waals surface area contributed by atoms with Crippen molar-refractivity contribution in [3.8, 4) is 11.5 Å². The molecule has 1 aliphatic rings. The molecule has 2 rings (SSSR count). The lowest BCUT2D eigenvalue weighted by Crippen LogP contribution is -2.37. The van der Waals surface area contributed by atoms with Gasteiger partial charge in [0.1, 0.15) is 17.1 Å². The molecule has 0 aliphatic carbocycles. The molecule has 0 saturated heterocycles. The molecule has 7 heteroatoms. The van der Waals surface area contributed by atoms with E-state index in [9.17, 15) is 5.11 Å². The third-order valence-electron chi connectivity index (χ3n) is 7.87. The van der Waals surface area contributed by atoms with Crippen LogP contribution in [-0.4, -0.2) is 28.2 Å². The maximum atomic E-state index is 10.4. The zero-order chi connectivity index (χ0) is 27.7. The number of phenols is 1. The molecule has 210 valence electrons. The zero-order valence-corrected chi connectivity index (χ0v) is 24.8. The van der Waals surface area contributed by atoms with Gasteiger partial charge in [-0.1, -0.05) is 72.6 Å². The van der Waals surface area contributed by atoms with Crippen molar-refractivity contribution in [1.82, 2.24) is 0 Å². The highest BCUT2D eigenvalue weighted by Crippen LogP contribution is 2.44. The Morgan fingerprint density at radius 3 is 1.81 bits per heavy atom. The Labute approximate surface area is 220 Å². The van der Waals surface area contributed by atoms with Crippen molar-refractivity contribution in [2.24, 2.45) is 17.8 Å². The van der Waals surface area contributed by atoms with E-state index in [4.69, 9.17) is 22.3 Å². The summed E-state index contributed by atoms with van der Waals surface area (Å²) >= 11 is 0. The fraction of sp³-hybridized carbons (Fsp3) is 0.793. The van der Waals surface area contributed by atoms with Crippen LogP contribution in [0, 0.1) is 38.5 Å². The van der Waals surface area contributed by atoms with Gasteiger partial charge in [-0.25, -0.2) is 0 Å². The van der Waals surface area contributed by atoms with E-state index in [0.717, 1.165) is 59.5 Å². The van der Waals surface area contributed by atoms with Gasteiger partial charge in [0.05, 0.1) is 0 Å². The van der Waals surface area contributed by atoms with E-state index in [1.165, 1.54) is 56.9 Å². The van der Waals surface area contributed by atoms with Crippen molar-refractivity contribution in [3.05, 3.63) is 22.3 Å². The van der Waals surface area contributed by atoms with Crippen LogP contribution in [0.2, 0.25) is 0 Å². The molecule has 0 spiro atoms. The predicted molar refractivity (Wildman–Crippen MR) is 149 cm³/mol. The lowest BCUT2D eigenvalue weighted by atomic mass is 9.84. The van der Waals surface area contributed by atoms with Crippen LogP contribution in [0.4, 0.5) is 0 Å². The lowest BCUT2D eigenvalue weighted by molar-refractivity contribution is 0.0511. The minimum atomic E-state index is -4.67. The van der Waals surface area contributed by atoms with Crippen molar-refractivity contribution < 1.29 is 27.4 Å². The van der Waals surface area contributed by atoms with Gasteiger partial charge < -0.3 is 9.84 Å². The van der Waals surface area contributed by atoms with Crippen molar-refractivity contribution in [2.75, 3.05) is 0 Å². The minimum absolute atomic E-state index is 0.0712. The van der Waals surface area contributed by atoms with Crippen LogP contribution in [0.5, 0.6) is 11.5 Å². The van der Waals surface area contributed by atoms with Gasteiger partial charge in [-0.15, -0.1) is 0 Å². The number of benzene rings is 1. The van der Waals surface area contributed by atoms with E-state index in [2.05, 4.69) is 41.5 Å². The third-order valence-corrected chi connectivity index (χ3v) is 7.87. The summed E-state index contributed by atoms with van der Waals surface area (Å²) in [6.45, 7) is 17.9. The van der Waals surface area contributed by atoms with Crippen molar-refractivity contribution in [3.63, 3.8) is 0 Å². The summed E-state index contributed by atoms with van der Waals surface area (Å²) in [5.74, 6) is 4.04. The Balaban J connectivity index is 0.00000118. The second kappa shape index (κ2) is 14.6. The van der Waals surface area contributed by atoms with Crippen LogP contribution >= 0.6 is 0 Å². The minimum Gasteiger partial charge on any atom is -0.507 e. The summed E-state index contributed by atoms with van der Waals surface area (Å²) in [5, 5.41) is 10.4. The zero-order valence-electron chi connectivity index (χ0n) is 24.0. The Morgan fingerprint density at radius 2 is 1.31 bits per heavy atom. The highest BCUT2D eigenvalue weighted by Gasteiger charge is 2.34. The number of rotatable bonds is 12. The summed E-state index contributed by atoms with van der Waals surface area (Å²) in [4.78, 5) is 0. The maximum Gasteiger partial charge on any atom is 0.394 e.